The van der Waals surface area contributed by atoms with Crippen molar-refractivity contribution in [3.05, 3.63) is 65.2 Å². The Bertz CT molecular complexity index is 855. The van der Waals surface area contributed by atoms with E-state index in [0.29, 0.717) is 5.57 Å². The number of nitrogens with one attached hydrogen (secondary N) is 1. The molecule has 0 spiro atoms. The van der Waals surface area contributed by atoms with Crippen LogP contribution in [0.4, 0.5) is 5.69 Å². The molecule has 2 aromatic rings. The molecule has 5 heteroatoms. The molecule has 1 heterocycles. The largest absolute Gasteiger partial charge is 0.488 e. The number of hydrogen-bond acceptors (Lipinski definition) is 4. The summed E-state index contributed by atoms with van der Waals surface area (Å²) in [6, 6.07) is 15.0. The number of amides is 1. The topological polar surface area (TPSA) is 64.6 Å². The molecule has 0 radical (unpaired) electrons. The van der Waals surface area contributed by atoms with E-state index in [1.807, 2.05) is 48.5 Å². The lowest BCUT2D eigenvalue weighted by atomic mass is 10.0. The average Bonchev–Trinajstić information content (AvgIpc) is 2.66. The number of anilines is 1. The Morgan fingerprint density at radius 3 is 2.65 bits per heavy atom. The molecule has 5 nitrogen and oxygen atoms in total. The van der Waals surface area contributed by atoms with Crippen molar-refractivity contribution in [1.82, 2.24) is 0 Å². The quantitative estimate of drug-likeness (QED) is 0.833. The van der Waals surface area contributed by atoms with Crippen LogP contribution in [0.3, 0.4) is 0 Å². The monoisotopic (exact) mass is 351 g/mol. The number of ether oxygens (including phenoxy) is 2. The van der Waals surface area contributed by atoms with Gasteiger partial charge in [-0.1, -0.05) is 50.2 Å². The first kappa shape index (κ1) is 17.7. The van der Waals surface area contributed by atoms with E-state index in [4.69, 9.17) is 9.47 Å². The summed E-state index contributed by atoms with van der Waals surface area (Å²) < 4.78 is 10.7. The number of para-hydroxylation sites is 2. The number of benzene rings is 2. The van der Waals surface area contributed by atoms with E-state index in [2.05, 4.69) is 19.2 Å². The first-order valence-electron chi connectivity index (χ1n) is 8.53. The van der Waals surface area contributed by atoms with Gasteiger partial charge < -0.3 is 14.8 Å². The van der Waals surface area contributed by atoms with Crippen LogP contribution in [0.1, 0.15) is 30.9 Å². The summed E-state index contributed by atoms with van der Waals surface area (Å²) >= 11 is 0. The van der Waals surface area contributed by atoms with Crippen LogP contribution in [-0.4, -0.2) is 25.1 Å². The lowest BCUT2D eigenvalue weighted by Gasteiger charge is -2.17. The maximum atomic E-state index is 12.2. The highest BCUT2D eigenvalue weighted by molar-refractivity contribution is 5.98. The molecule has 26 heavy (non-hydrogen) atoms. The minimum atomic E-state index is -0.549. The molecule has 0 bridgehead atoms. The fourth-order valence-corrected chi connectivity index (χ4v) is 2.76. The van der Waals surface area contributed by atoms with Crippen molar-refractivity contribution in [1.29, 1.82) is 0 Å². The van der Waals surface area contributed by atoms with Gasteiger partial charge >= 0.3 is 5.97 Å². The summed E-state index contributed by atoms with van der Waals surface area (Å²) in [5.74, 6) is 0.0849. The SMILES string of the molecule is CC(C)c1ccccc1NC(=O)COC(=O)C1=Cc2ccccc2OC1. The molecule has 1 amide bonds. The number of fused-ring (bicyclic) bond motifs is 1. The van der Waals surface area contributed by atoms with E-state index in [0.717, 1.165) is 22.6 Å². The molecule has 1 aliphatic rings. The molecule has 0 aromatic heterocycles. The summed E-state index contributed by atoms with van der Waals surface area (Å²) in [5.41, 5.74) is 2.98. The second-order valence-corrected chi connectivity index (χ2v) is 6.36. The normalized spacial score (nSPS) is 12.7. The molecule has 0 fully saturated rings. The number of rotatable bonds is 5. The van der Waals surface area contributed by atoms with Gasteiger partial charge in [0.1, 0.15) is 12.4 Å². The molecule has 0 unspecified atom stereocenters. The van der Waals surface area contributed by atoms with Gasteiger partial charge in [0.15, 0.2) is 6.61 Å². The second-order valence-electron chi connectivity index (χ2n) is 6.36. The van der Waals surface area contributed by atoms with Gasteiger partial charge in [-0.05, 0) is 29.7 Å². The standard InChI is InChI=1S/C21H21NO4/c1-14(2)17-8-4-5-9-18(17)22-20(23)13-26-21(24)16-11-15-7-3-6-10-19(15)25-12-16/h3-11,14H,12-13H2,1-2H3,(H,22,23). The smallest absolute Gasteiger partial charge is 0.338 e. The molecular weight excluding hydrogens is 330 g/mol. The Kier molecular flexibility index (Phi) is 5.37. The third-order valence-electron chi connectivity index (χ3n) is 4.09. The number of hydrogen-bond donors (Lipinski definition) is 1. The van der Waals surface area contributed by atoms with Gasteiger partial charge in [-0.15, -0.1) is 0 Å². The van der Waals surface area contributed by atoms with Gasteiger partial charge in [-0.25, -0.2) is 4.79 Å². The van der Waals surface area contributed by atoms with E-state index >= 15 is 0 Å². The molecule has 0 saturated heterocycles. The van der Waals surface area contributed by atoms with Gasteiger partial charge in [-0.3, -0.25) is 4.79 Å². The fourth-order valence-electron chi connectivity index (χ4n) is 2.76. The predicted molar refractivity (Wildman–Crippen MR) is 100 cm³/mol. The maximum absolute atomic E-state index is 12.2. The van der Waals surface area contributed by atoms with Crippen molar-refractivity contribution >= 4 is 23.6 Å². The molecule has 1 N–H and O–H groups in total. The second kappa shape index (κ2) is 7.87. The lowest BCUT2D eigenvalue weighted by molar-refractivity contribution is -0.143. The summed E-state index contributed by atoms with van der Waals surface area (Å²) in [6.45, 7) is 3.90. The minimum absolute atomic E-state index is 0.133. The third-order valence-corrected chi connectivity index (χ3v) is 4.09. The van der Waals surface area contributed by atoms with Gasteiger partial charge in [0.25, 0.3) is 5.91 Å². The van der Waals surface area contributed by atoms with Crippen LogP contribution in [0.2, 0.25) is 0 Å². The van der Waals surface area contributed by atoms with E-state index in [-0.39, 0.29) is 25.0 Å². The van der Waals surface area contributed by atoms with Gasteiger partial charge in [0.2, 0.25) is 0 Å². The van der Waals surface area contributed by atoms with Gasteiger partial charge in [0.05, 0.1) is 5.57 Å². The van der Waals surface area contributed by atoms with Crippen LogP contribution in [0.5, 0.6) is 5.75 Å². The summed E-state index contributed by atoms with van der Waals surface area (Å²) in [5, 5.41) is 2.80. The van der Waals surface area contributed by atoms with Crippen molar-refractivity contribution in [3.8, 4) is 5.75 Å². The highest BCUT2D eigenvalue weighted by atomic mass is 16.5. The zero-order valence-electron chi connectivity index (χ0n) is 14.8. The maximum Gasteiger partial charge on any atom is 0.338 e. The van der Waals surface area contributed by atoms with E-state index in [1.54, 1.807) is 6.08 Å². The number of esters is 1. The number of carbonyl (C=O) groups is 2. The van der Waals surface area contributed by atoms with Crippen LogP contribution in [0, 0.1) is 0 Å². The fraction of sp³-hybridized carbons (Fsp3) is 0.238. The van der Waals surface area contributed by atoms with Crippen molar-refractivity contribution in [2.75, 3.05) is 18.5 Å². The minimum Gasteiger partial charge on any atom is -0.488 e. The molecule has 3 rings (SSSR count). The third kappa shape index (κ3) is 4.11. The summed E-state index contributed by atoms with van der Waals surface area (Å²) in [4.78, 5) is 24.3. The van der Waals surface area contributed by atoms with E-state index in [9.17, 15) is 9.59 Å². The highest BCUT2D eigenvalue weighted by Crippen LogP contribution is 2.26. The molecule has 1 aliphatic heterocycles. The molecule has 0 saturated carbocycles. The highest BCUT2D eigenvalue weighted by Gasteiger charge is 2.19. The van der Waals surface area contributed by atoms with Crippen molar-refractivity contribution in [2.24, 2.45) is 0 Å². The van der Waals surface area contributed by atoms with E-state index in [1.165, 1.54) is 0 Å². The molecule has 134 valence electrons. The zero-order valence-corrected chi connectivity index (χ0v) is 14.8. The Hall–Kier alpha value is -3.08. The van der Waals surface area contributed by atoms with Crippen LogP contribution < -0.4 is 10.1 Å². The van der Waals surface area contributed by atoms with Crippen LogP contribution in [0.15, 0.2) is 54.1 Å². The zero-order chi connectivity index (χ0) is 18.5. The lowest BCUT2D eigenvalue weighted by Crippen LogP contribution is -2.24. The van der Waals surface area contributed by atoms with Crippen molar-refractivity contribution in [3.63, 3.8) is 0 Å². The molecule has 2 aromatic carbocycles. The Morgan fingerprint density at radius 2 is 1.85 bits per heavy atom. The van der Waals surface area contributed by atoms with Crippen LogP contribution in [0.25, 0.3) is 6.08 Å². The van der Waals surface area contributed by atoms with Gasteiger partial charge in [-0.2, -0.15) is 0 Å². The predicted octanol–water partition coefficient (Wildman–Crippen LogP) is 3.77. The summed E-state index contributed by atoms with van der Waals surface area (Å²) in [6.07, 6.45) is 1.73. The molecular formula is C21H21NO4. The first-order chi connectivity index (χ1) is 12.5. The summed E-state index contributed by atoms with van der Waals surface area (Å²) in [7, 11) is 0. The number of carbonyl (C=O) groups excluding carboxylic acids is 2. The van der Waals surface area contributed by atoms with Gasteiger partial charge in [0, 0.05) is 11.3 Å². The average molecular weight is 351 g/mol. The molecule has 0 aliphatic carbocycles. The van der Waals surface area contributed by atoms with E-state index < -0.39 is 5.97 Å². The van der Waals surface area contributed by atoms with Crippen LogP contribution >= 0.6 is 0 Å². The Labute approximate surface area is 152 Å². The first-order valence-corrected chi connectivity index (χ1v) is 8.53. The molecule has 0 atom stereocenters. The van der Waals surface area contributed by atoms with Crippen molar-refractivity contribution < 1.29 is 19.1 Å². The van der Waals surface area contributed by atoms with Crippen molar-refractivity contribution in [2.45, 2.75) is 19.8 Å². The van der Waals surface area contributed by atoms with Crippen LogP contribution in [-0.2, 0) is 14.3 Å². The Morgan fingerprint density at radius 1 is 1.12 bits per heavy atom. The Balaban J connectivity index is 1.59.